The first kappa shape index (κ1) is 13.6. The van der Waals surface area contributed by atoms with Gasteiger partial charge in [-0.25, -0.2) is 0 Å². The molecule has 0 aliphatic carbocycles. The average molecular weight is 288 g/mol. The van der Waals surface area contributed by atoms with Crippen molar-refractivity contribution in [2.24, 2.45) is 0 Å². The Bertz CT molecular complexity index is 539. The Morgan fingerprint density at radius 2 is 2.16 bits per heavy atom. The number of nitrogens with two attached hydrogens (primary N) is 1. The molecule has 0 aliphatic heterocycles. The largest absolute Gasteiger partial charge is 0.390 e. The van der Waals surface area contributed by atoms with Crippen LogP contribution in [0.2, 0.25) is 0 Å². The minimum absolute atomic E-state index is 0.210. The van der Waals surface area contributed by atoms with Gasteiger partial charge < -0.3 is 11.1 Å². The van der Waals surface area contributed by atoms with Crippen LogP contribution in [0.3, 0.4) is 0 Å². The molecule has 0 atom stereocenters. The van der Waals surface area contributed by atoms with Crippen LogP contribution in [-0.4, -0.2) is 22.1 Å². The van der Waals surface area contributed by atoms with E-state index in [2.05, 4.69) is 14.7 Å². The van der Waals surface area contributed by atoms with E-state index in [0.717, 1.165) is 17.1 Å². The van der Waals surface area contributed by atoms with Crippen molar-refractivity contribution in [1.29, 1.82) is 0 Å². The molecule has 4 nitrogen and oxygen atoms in total. The Morgan fingerprint density at radius 3 is 2.79 bits per heavy atom. The number of nitrogens with zero attached hydrogens (tertiary/aromatic N) is 2. The standard InChI is InChI=1S/C11H11F3N4S/c12-11(13,14)3-5-17-10-8(9(15)18-19-10)7-2-1-4-16-6-7/h1-2,4,6,17H,3,5H2,(H2,15,18). The third kappa shape index (κ3) is 3.57. The molecule has 0 unspecified atom stereocenters. The molecule has 2 rings (SSSR count). The Balaban J connectivity index is 2.15. The number of pyridine rings is 1. The van der Waals surface area contributed by atoms with E-state index in [-0.39, 0.29) is 12.4 Å². The molecule has 0 fully saturated rings. The number of anilines is 2. The minimum Gasteiger partial charge on any atom is -0.382 e. The molecule has 2 aromatic heterocycles. The van der Waals surface area contributed by atoms with Gasteiger partial charge >= 0.3 is 6.18 Å². The Hall–Kier alpha value is -1.83. The number of halogens is 3. The highest BCUT2D eigenvalue weighted by atomic mass is 32.1. The Labute approximate surface area is 111 Å². The first-order valence-electron chi connectivity index (χ1n) is 5.43. The maximum absolute atomic E-state index is 12.1. The van der Waals surface area contributed by atoms with Crippen LogP contribution in [-0.2, 0) is 0 Å². The summed E-state index contributed by atoms with van der Waals surface area (Å²) in [6.07, 6.45) is -1.89. The summed E-state index contributed by atoms with van der Waals surface area (Å²) in [5.41, 5.74) is 7.06. The van der Waals surface area contributed by atoms with Gasteiger partial charge in [-0.05, 0) is 17.6 Å². The number of nitrogen functional groups attached to an aromatic ring is 1. The molecule has 8 heteroatoms. The average Bonchev–Trinajstić information content (AvgIpc) is 2.70. The van der Waals surface area contributed by atoms with Crippen LogP contribution in [0, 0.1) is 0 Å². The topological polar surface area (TPSA) is 63.8 Å². The summed E-state index contributed by atoms with van der Waals surface area (Å²) in [7, 11) is 0. The molecule has 2 aromatic rings. The lowest BCUT2D eigenvalue weighted by molar-refractivity contribution is -0.131. The van der Waals surface area contributed by atoms with E-state index in [0.29, 0.717) is 10.6 Å². The number of hydrogen-bond acceptors (Lipinski definition) is 5. The molecular formula is C11H11F3N4S. The van der Waals surface area contributed by atoms with Gasteiger partial charge in [0.25, 0.3) is 0 Å². The van der Waals surface area contributed by atoms with Gasteiger partial charge in [0, 0.05) is 24.5 Å². The van der Waals surface area contributed by atoms with Crippen molar-refractivity contribution in [2.75, 3.05) is 17.6 Å². The minimum atomic E-state index is -4.18. The Morgan fingerprint density at radius 1 is 1.37 bits per heavy atom. The fourth-order valence-corrected chi connectivity index (χ4v) is 2.29. The quantitative estimate of drug-likeness (QED) is 0.907. The number of aromatic nitrogens is 2. The van der Waals surface area contributed by atoms with Gasteiger partial charge in [-0.15, -0.1) is 0 Å². The van der Waals surface area contributed by atoms with Gasteiger partial charge in [0.1, 0.15) is 10.8 Å². The highest BCUT2D eigenvalue weighted by molar-refractivity contribution is 7.11. The van der Waals surface area contributed by atoms with Crippen molar-refractivity contribution < 1.29 is 13.2 Å². The van der Waals surface area contributed by atoms with Crippen molar-refractivity contribution in [2.45, 2.75) is 12.6 Å². The van der Waals surface area contributed by atoms with Crippen LogP contribution in [0.4, 0.5) is 24.0 Å². The molecule has 0 saturated heterocycles. The van der Waals surface area contributed by atoms with Gasteiger partial charge in [0.05, 0.1) is 12.0 Å². The SMILES string of the molecule is Nc1nsc(NCCC(F)(F)F)c1-c1cccnc1. The number of rotatable bonds is 4. The van der Waals surface area contributed by atoms with E-state index in [1.807, 2.05) is 0 Å². The first-order valence-corrected chi connectivity index (χ1v) is 6.21. The summed E-state index contributed by atoms with van der Waals surface area (Å²) < 4.78 is 40.3. The maximum Gasteiger partial charge on any atom is 0.390 e. The zero-order valence-corrected chi connectivity index (χ0v) is 10.6. The summed E-state index contributed by atoms with van der Waals surface area (Å²) in [5.74, 6) is 0.285. The molecule has 0 saturated carbocycles. The van der Waals surface area contributed by atoms with Crippen molar-refractivity contribution in [1.82, 2.24) is 9.36 Å². The highest BCUT2D eigenvalue weighted by Crippen LogP contribution is 2.36. The highest BCUT2D eigenvalue weighted by Gasteiger charge is 2.26. The summed E-state index contributed by atoms with van der Waals surface area (Å²) in [4.78, 5) is 3.96. The molecule has 2 heterocycles. The number of nitrogens with one attached hydrogen (secondary N) is 1. The molecule has 0 aromatic carbocycles. The zero-order valence-electron chi connectivity index (χ0n) is 9.74. The zero-order chi connectivity index (χ0) is 13.9. The number of hydrogen-bond donors (Lipinski definition) is 2. The molecular weight excluding hydrogens is 277 g/mol. The van der Waals surface area contributed by atoms with Crippen LogP contribution in [0.25, 0.3) is 11.1 Å². The molecule has 3 N–H and O–H groups in total. The smallest absolute Gasteiger partial charge is 0.382 e. The van der Waals surface area contributed by atoms with Crippen LogP contribution in [0.1, 0.15) is 6.42 Å². The monoisotopic (exact) mass is 288 g/mol. The number of alkyl halides is 3. The van der Waals surface area contributed by atoms with Crippen LogP contribution >= 0.6 is 11.5 Å². The van der Waals surface area contributed by atoms with Crippen molar-refractivity contribution in [3.05, 3.63) is 24.5 Å². The van der Waals surface area contributed by atoms with Crippen LogP contribution in [0.15, 0.2) is 24.5 Å². The molecule has 102 valence electrons. The lowest BCUT2D eigenvalue weighted by atomic mass is 10.1. The third-order valence-electron chi connectivity index (χ3n) is 2.36. The van der Waals surface area contributed by atoms with Gasteiger partial charge in [0.15, 0.2) is 0 Å². The van der Waals surface area contributed by atoms with Crippen LogP contribution in [0.5, 0.6) is 0 Å². The molecule has 0 amide bonds. The lowest BCUT2D eigenvalue weighted by Crippen LogP contribution is -2.14. The maximum atomic E-state index is 12.1. The molecule has 0 aliphatic rings. The van der Waals surface area contributed by atoms with Gasteiger partial charge in [-0.3, -0.25) is 4.98 Å². The van der Waals surface area contributed by atoms with E-state index >= 15 is 0 Å². The predicted octanol–water partition coefficient (Wildman–Crippen LogP) is 3.15. The van der Waals surface area contributed by atoms with Gasteiger partial charge in [-0.2, -0.15) is 17.5 Å². The summed E-state index contributed by atoms with van der Waals surface area (Å²) in [6.45, 7) is -0.210. The second-order valence-electron chi connectivity index (χ2n) is 3.81. The first-order chi connectivity index (χ1) is 8.97. The second-order valence-corrected chi connectivity index (χ2v) is 4.58. The fourth-order valence-electron chi connectivity index (χ4n) is 1.53. The van der Waals surface area contributed by atoms with E-state index in [4.69, 9.17) is 5.73 Å². The summed E-state index contributed by atoms with van der Waals surface area (Å²) in [5, 5.41) is 3.24. The summed E-state index contributed by atoms with van der Waals surface area (Å²) in [6, 6.07) is 3.51. The Kier molecular flexibility index (Phi) is 3.89. The van der Waals surface area contributed by atoms with E-state index in [1.54, 1.807) is 24.5 Å². The van der Waals surface area contributed by atoms with E-state index in [1.165, 1.54) is 0 Å². The van der Waals surface area contributed by atoms with Crippen molar-refractivity contribution in [3.8, 4) is 11.1 Å². The van der Waals surface area contributed by atoms with Crippen LogP contribution < -0.4 is 11.1 Å². The normalized spacial score (nSPS) is 11.5. The van der Waals surface area contributed by atoms with Gasteiger partial charge in [0.2, 0.25) is 0 Å². The lowest BCUT2D eigenvalue weighted by Gasteiger charge is -2.09. The van der Waals surface area contributed by atoms with Gasteiger partial charge in [-0.1, -0.05) is 6.07 Å². The molecule has 0 spiro atoms. The molecule has 0 bridgehead atoms. The second kappa shape index (κ2) is 5.43. The third-order valence-corrected chi connectivity index (χ3v) is 3.18. The summed E-state index contributed by atoms with van der Waals surface area (Å²) >= 11 is 1.04. The van der Waals surface area contributed by atoms with Crippen molar-refractivity contribution in [3.63, 3.8) is 0 Å². The fraction of sp³-hybridized carbons (Fsp3) is 0.273. The predicted molar refractivity (Wildman–Crippen MR) is 68.9 cm³/mol. The van der Waals surface area contributed by atoms with E-state index < -0.39 is 12.6 Å². The van der Waals surface area contributed by atoms with E-state index in [9.17, 15) is 13.2 Å². The molecule has 0 radical (unpaired) electrons. The molecule has 19 heavy (non-hydrogen) atoms. The van der Waals surface area contributed by atoms with Crippen molar-refractivity contribution >= 4 is 22.4 Å².